The smallest absolute Gasteiger partial charge is 0.260 e. The monoisotopic (exact) mass is 501 g/mol. The number of unbranched alkanes of at least 4 members (excludes halogenated alkanes) is 2. The summed E-state index contributed by atoms with van der Waals surface area (Å²) in [6.45, 7) is 7.78. The molecule has 6 nitrogen and oxygen atoms in total. The van der Waals surface area contributed by atoms with Gasteiger partial charge in [-0.05, 0) is 49.2 Å². The van der Waals surface area contributed by atoms with Gasteiger partial charge in [-0.25, -0.2) is 4.98 Å². The molecule has 1 aliphatic rings. The number of carbonyl (C=O) groups is 1. The number of hydrogen-bond donors (Lipinski definition) is 0. The molecule has 4 rings (SSSR count). The lowest BCUT2D eigenvalue weighted by molar-refractivity contribution is 0.0376. The Kier molecular flexibility index (Phi) is 9.16. The van der Waals surface area contributed by atoms with E-state index in [1.165, 1.54) is 11.3 Å². The topological polar surface area (TPSA) is 54.9 Å². The number of rotatable bonds is 11. The van der Waals surface area contributed by atoms with E-state index in [1.54, 1.807) is 4.90 Å². The molecule has 0 bridgehead atoms. The molecule has 1 saturated heterocycles. The lowest BCUT2D eigenvalue weighted by Crippen LogP contribution is -2.39. The van der Waals surface area contributed by atoms with E-state index >= 15 is 0 Å². The Bertz CT molecular complexity index is 1070. The van der Waals surface area contributed by atoms with Gasteiger partial charge in [-0.1, -0.05) is 48.8 Å². The zero-order chi connectivity index (χ0) is 23.8. The molecule has 2 aromatic carbocycles. The molecule has 0 radical (unpaired) electrons. The number of amides is 1. The molecular weight excluding hydrogens is 470 g/mol. The summed E-state index contributed by atoms with van der Waals surface area (Å²) in [6.07, 6.45) is 4.21. The first-order valence-electron chi connectivity index (χ1n) is 12.1. The van der Waals surface area contributed by atoms with Crippen LogP contribution in [0.4, 0.5) is 5.13 Å². The molecule has 8 heteroatoms. The third kappa shape index (κ3) is 6.48. The molecule has 182 valence electrons. The largest absolute Gasteiger partial charge is 0.494 e. The number of halogens is 1. The third-order valence-electron chi connectivity index (χ3n) is 5.91. The Morgan fingerprint density at radius 3 is 2.68 bits per heavy atom. The first-order chi connectivity index (χ1) is 16.7. The number of anilines is 1. The van der Waals surface area contributed by atoms with Crippen molar-refractivity contribution in [2.75, 3.05) is 50.9 Å². The van der Waals surface area contributed by atoms with Crippen LogP contribution in [0.25, 0.3) is 10.2 Å². The number of hydrogen-bond acceptors (Lipinski definition) is 6. The van der Waals surface area contributed by atoms with Gasteiger partial charge in [0, 0.05) is 31.7 Å². The number of carbonyl (C=O) groups excluding carboxylic acids is 1. The summed E-state index contributed by atoms with van der Waals surface area (Å²) >= 11 is 7.86. The summed E-state index contributed by atoms with van der Waals surface area (Å²) < 4.78 is 12.2. The minimum Gasteiger partial charge on any atom is -0.494 e. The highest BCUT2D eigenvalue weighted by Crippen LogP contribution is 2.33. The maximum atomic E-state index is 13.6. The third-order valence-corrected chi connectivity index (χ3v) is 7.26. The van der Waals surface area contributed by atoms with Crippen LogP contribution in [0.5, 0.6) is 5.75 Å². The Morgan fingerprint density at radius 1 is 1.15 bits per heavy atom. The molecule has 0 N–H and O–H groups in total. The fourth-order valence-electron chi connectivity index (χ4n) is 3.97. The second-order valence-corrected chi connectivity index (χ2v) is 9.84. The van der Waals surface area contributed by atoms with Crippen molar-refractivity contribution in [2.24, 2.45) is 0 Å². The molecular formula is C26H32ClN3O3S. The van der Waals surface area contributed by atoms with Gasteiger partial charge in [-0.2, -0.15) is 0 Å². The van der Waals surface area contributed by atoms with E-state index < -0.39 is 0 Å². The van der Waals surface area contributed by atoms with Crippen molar-refractivity contribution in [3.8, 4) is 5.75 Å². The van der Waals surface area contributed by atoms with E-state index in [9.17, 15) is 4.79 Å². The van der Waals surface area contributed by atoms with Crippen LogP contribution in [0.3, 0.4) is 0 Å². The van der Waals surface area contributed by atoms with Crippen molar-refractivity contribution in [1.82, 2.24) is 9.88 Å². The van der Waals surface area contributed by atoms with Gasteiger partial charge < -0.3 is 9.47 Å². The molecule has 0 saturated carbocycles. The van der Waals surface area contributed by atoms with E-state index in [0.717, 1.165) is 74.5 Å². The van der Waals surface area contributed by atoms with Crippen LogP contribution in [0.1, 0.15) is 43.0 Å². The van der Waals surface area contributed by atoms with Crippen molar-refractivity contribution < 1.29 is 14.3 Å². The summed E-state index contributed by atoms with van der Waals surface area (Å²) in [5.74, 6) is 0.730. The van der Waals surface area contributed by atoms with Gasteiger partial charge >= 0.3 is 0 Å². The quantitative estimate of drug-likeness (QED) is 0.307. The normalized spacial score (nSPS) is 14.4. The zero-order valence-electron chi connectivity index (χ0n) is 19.7. The average molecular weight is 502 g/mol. The van der Waals surface area contributed by atoms with Crippen LogP contribution < -0.4 is 9.64 Å². The van der Waals surface area contributed by atoms with Crippen LogP contribution in [0.15, 0.2) is 42.5 Å². The van der Waals surface area contributed by atoms with E-state index in [4.69, 9.17) is 26.1 Å². The van der Waals surface area contributed by atoms with Crippen LogP contribution in [0, 0.1) is 0 Å². The van der Waals surface area contributed by atoms with E-state index in [0.29, 0.717) is 28.9 Å². The van der Waals surface area contributed by atoms with Crippen LogP contribution in [-0.2, 0) is 4.74 Å². The van der Waals surface area contributed by atoms with Gasteiger partial charge in [0.15, 0.2) is 5.13 Å². The molecule has 0 atom stereocenters. The fraction of sp³-hybridized carbons (Fsp3) is 0.462. The first-order valence-corrected chi connectivity index (χ1v) is 13.2. The van der Waals surface area contributed by atoms with E-state index in [-0.39, 0.29) is 5.91 Å². The number of nitrogens with zero attached hydrogens (tertiary/aromatic N) is 3. The Labute approximate surface area is 210 Å². The Balaban J connectivity index is 1.49. The van der Waals surface area contributed by atoms with Crippen molar-refractivity contribution in [2.45, 2.75) is 32.6 Å². The number of morpholine rings is 1. The van der Waals surface area contributed by atoms with Gasteiger partial charge in [0.2, 0.25) is 0 Å². The van der Waals surface area contributed by atoms with E-state index in [1.807, 2.05) is 42.5 Å². The van der Waals surface area contributed by atoms with Crippen molar-refractivity contribution in [3.05, 3.63) is 53.1 Å². The maximum absolute atomic E-state index is 13.6. The second kappa shape index (κ2) is 12.5. The van der Waals surface area contributed by atoms with Gasteiger partial charge in [-0.15, -0.1) is 0 Å². The molecule has 3 aromatic rings. The number of ether oxygens (including phenoxy) is 2. The summed E-state index contributed by atoms with van der Waals surface area (Å²) in [4.78, 5) is 22.5. The number of fused-ring (bicyclic) bond motifs is 1. The fourth-order valence-corrected chi connectivity index (χ4v) is 5.26. The zero-order valence-corrected chi connectivity index (χ0v) is 21.2. The predicted octanol–water partition coefficient (Wildman–Crippen LogP) is 5.89. The summed E-state index contributed by atoms with van der Waals surface area (Å²) in [6, 6.07) is 13.2. The van der Waals surface area contributed by atoms with Gasteiger partial charge in [-0.3, -0.25) is 14.6 Å². The summed E-state index contributed by atoms with van der Waals surface area (Å²) in [5, 5.41) is 1.28. The minimum atomic E-state index is -0.0605. The van der Waals surface area contributed by atoms with Gasteiger partial charge in [0.25, 0.3) is 5.91 Å². The lowest BCUT2D eigenvalue weighted by Gasteiger charge is -2.27. The summed E-state index contributed by atoms with van der Waals surface area (Å²) in [5.41, 5.74) is 1.36. The number of thiazole rings is 1. The first kappa shape index (κ1) is 24.9. The van der Waals surface area contributed by atoms with Gasteiger partial charge in [0.1, 0.15) is 11.3 Å². The highest BCUT2D eigenvalue weighted by Gasteiger charge is 2.22. The van der Waals surface area contributed by atoms with E-state index in [2.05, 4.69) is 11.8 Å². The SMILES string of the molecule is CCCCCOc1ccc(C(=O)N(CCCN2CCOCC2)c2nc3c(Cl)cccc3s2)cc1. The number of benzene rings is 2. The minimum absolute atomic E-state index is 0.0605. The summed E-state index contributed by atoms with van der Waals surface area (Å²) in [7, 11) is 0. The Hall–Kier alpha value is -2.19. The standard InChI is InChI=1S/C26H32ClN3O3S/c1-2-3-4-17-33-21-11-9-20(10-12-21)25(31)30(14-6-13-29-15-18-32-19-16-29)26-28-24-22(27)7-5-8-23(24)34-26/h5,7-12H,2-4,6,13-19H2,1H3. The highest BCUT2D eigenvalue weighted by atomic mass is 35.5. The molecule has 0 aliphatic carbocycles. The molecule has 0 spiro atoms. The predicted molar refractivity (Wildman–Crippen MR) is 140 cm³/mol. The molecule has 1 amide bonds. The van der Waals surface area contributed by atoms with Gasteiger partial charge in [0.05, 0.1) is 29.5 Å². The average Bonchev–Trinajstić information content (AvgIpc) is 3.31. The molecule has 1 aliphatic heterocycles. The molecule has 34 heavy (non-hydrogen) atoms. The Morgan fingerprint density at radius 2 is 1.94 bits per heavy atom. The van der Waals surface area contributed by atoms with Crippen LogP contribution in [-0.4, -0.2) is 61.8 Å². The molecule has 2 heterocycles. The number of aromatic nitrogens is 1. The number of para-hydroxylation sites is 1. The highest BCUT2D eigenvalue weighted by molar-refractivity contribution is 7.22. The van der Waals surface area contributed by atoms with Crippen LogP contribution in [0.2, 0.25) is 5.02 Å². The molecule has 1 fully saturated rings. The van der Waals surface area contributed by atoms with Crippen molar-refractivity contribution >= 4 is 44.2 Å². The molecule has 1 aromatic heterocycles. The lowest BCUT2D eigenvalue weighted by atomic mass is 10.2. The van der Waals surface area contributed by atoms with Crippen LogP contribution >= 0.6 is 22.9 Å². The van der Waals surface area contributed by atoms with Crippen molar-refractivity contribution in [3.63, 3.8) is 0 Å². The molecule has 0 unspecified atom stereocenters. The second-order valence-electron chi connectivity index (χ2n) is 8.43. The van der Waals surface area contributed by atoms with Crippen molar-refractivity contribution in [1.29, 1.82) is 0 Å². The maximum Gasteiger partial charge on any atom is 0.260 e.